The maximum atomic E-state index is 12.3. The Balaban J connectivity index is 1.94. The predicted octanol–water partition coefficient (Wildman–Crippen LogP) is 3.67. The summed E-state index contributed by atoms with van der Waals surface area (Å²) in [6.07, 6.45) is 0. The van der Waals surface area contributed by atoms with E-state index in [1.54, 1.807) is 0 Å². The van der Waals surface area contributed by atoms with E-state index in [0.717, 1.165) is 28.5 Å². The van der Waals surface area contributed by atoms with Gasteiger partial charge in [0.05, 0.1) is 31.7 Å². The first-order chi connectivity index (χ1) is 11.8. The minimum Gasteiger partial charge on any atom is -0.298 e. The van der Waals surface area contributed by atoms with Crippen LogP contribution in [0.5, 0.6) is 0 Å². The molecule has 3 aromatic rings. The van der Waals surface area contributed by atoms with Crippen molar-refractivity contribution in [3.05, 3.63) is 67.8 Å². The maximum absolute atomic E-state index is 12.3. The molecule has 0 unspecified atom stereocenters. The molecule has 0 aliphatic carbocycles. The van der Waals surface area contributed by atoms with Crippen molar-refractivity contribution < 1.29 is 14.6 Å². The SMILES string of the molecule is Cc1ccc2nc(NC(=O)c3cc([N+](=O)[O-])cc([N+](=O)[O-])c3)sc2c1. The smallest absolute Gasteiger partial charge is 0.277 e. The second-order valence-electron chi connectivity index (χ2n) is 5.20. The zero-order chi connectivity index (χ0) is 18.1. The third-order valence-electron chi connectivity index (χ3n) is 3.35. The largest absolute Gasteiger partial charge is 0.298 e. The molecule has 0 fully saturated rings. The second-order valence-corrected chi connectivity index (χ2v) is 6.23. The molecule has 10 heteroatoms. The number of rotatable bonds is 4. The number of hydrogen-bond donors (Lipinski definition) is 1. The first kappa shape index (κ1) is 16.5. The van der Waals surface area contributed by atoms with Crippen LogP contribution >= 0.6 is 11.3 Å². The van der Waals surface area contributed by atoms with E-state index in [4.69, 9.17) is 0 Å². The van der Waals surface area contributed by atoms with Crippen molar-refractivity contribution in [3.8, 4) is 0 Å². The number of nitrogens with zero attached hydrogens (tertiary/aromatic N) is 3. The molecule has 9 nitrogen and oxygen atoms in total. The zero-order valence-electron chi connectivity index (χ0n) is 12.8. The number of carbonyl (C=O) groups is 1. The first-order valence-corrected chi connectivity index (χ1v) is 7.77. The summed E-state index contributed by atoms with van der Waals surface area (Å²) in [5.41, 5.74) is 0.508. The summed E-state index contributed by atoms with van der Waals surface area (Å²) in [5.74, 6) is -0.706. The summed E-state index contributed by atoms with van der Waals surface area (Å²) in [6.45, 7) is 1.93. The number of non-ortho nitro benzene ring substituents is 2. The normalized spacial score (nSPS) is 10.6. The Morgan fingerprint density at radius 1 is 1.08 bits per heavy atom. The highest BCUT2D eigenvalue weighted by Crippen LogP contribution is 2.28. The predicted molar refractivity (Wildman–Crippen MR) is 92.1 cm³/mol. The molecule has 0 atom stereocenters. The van der Waals surface area contributed by atoms with E-state index in [0.29, 0.717) is 10.6 Å². The summed E-state index contributed by atoms with van der Waals surface area (Å²) >= 11 is 1.24. The average Bonchev–Trinajstić information content (AvgIpc) is 2.95. The summed E-state index contributed by atoms with van der Waals surface area (Å²) < 4.78 is 0.875. The van der Waals surface area contributed by atoms with E-state index in [2.05, 4.69) is 10.3 Å². The monoisotopic (exact) mass is 358 g/mol. The second kappa shape index (κ2) is 6.24. The number of nitro groups is 2. The van der Waals surface area contributed by atoms with Crippen molar-refractivity contribution in [3.63, 3.8) is 0 Å². The van der Waals surface area contributed by atoms with Crippen LogP contribution in [0.1, 0.15) is 15.9 Å². The number of hydrogen-bond acceptors (Lipinski definition) is 7. The quantitative estimate of drug-likeness (QED) is 0.559. The van der Waals surface area contributed by atoms with Gasteiger partial charge in [-0.3, -0.25) is 30.3 Å². The van der Waals surface area contributed by atoms with Crippen LogP contribution in [0.2, 0.25) is 0 Å². The van der Waals surface area contributed by atoms with Crippen LogP contribution in [-0.2, 0) is 0 Å². The molecular formula is C15H10N4O5S. The number of carbonyl (C=O) groups excluding carboxylic acids is 1. The number of thiazole rings is 1. The number of nitro benzene ring substituents is 2. The average molecular weight is 358 g/mol. The molecule has 0 saturated heterocycles. The number of aromatic nitrogens is 1. The standard InChI is InChI=1S/C15H10N4O5S/c1-8-2-3-12-13(4-8)25-15(16-12)17-14(20)9-5-10(18(21)22)7-11(6-9)19(23)24/h2-7H,1H3,(H,16,17,20). The Hall–Kier alpha value is -3.40. The fourth-order valence-corrected chi connectivity index (χ4v) is 3.15. The summed E-state index contributed by atoms with van der Waals surface area (Å²) in [4.78, 5) is 36.8. The fraction of sp³-hybridized carbons (Fsp3) is 0.0667. The number of fused-ring (bicyclic) bond motifs is 1. The Labute approximate surface area is 144 Å². The molecule has 0 spiro atoms. The van der Waals surface area contributed by atoms with Gasteiger partial charge in [0.25, 0.3) is 17.3 Å². The lowest BCUT2D eigenvalue weighted by Gasteiger charge is -2.02. The van der Waals surface area contributed by atoms with E-state index in [9.17, 15) is 25.0 Å². The Bertz CT molecular complexity index is 998. The summed E-state index contributed by atoms with van der Waals surface area (Å²) in [7, 11) is 0. The molecule has 0 saturated carbocycles. The van der Waals surface area contributed by atoms with Gasteiger partial charge in [0, 0.05) is 12.1 Å². The van der Waals surface area contributed by atoms with E-state index in [-0.39, 0.29) is 5.56 Å². The van der Waals surface area contributed by atoms with E-state index >= 15 is 0 Å². The molecular weight excluding hydrogens is 348 g/mol. The third kappa shape index (κ3) is 3.43. The molecule has 3 rings (SSSR count). The molecule has 126 valence electrons. The number of amides is 1. The highest BCUT2D eigenvalue weighted by molar-refractivity contribution is 7.22. The van der Waals surface area contributed by atoms with Gasteiger partial charge in [-0.15, -0.1) is 0 Å². The minimum absolute atomic E-state index is 0.184. The lowest BCUT2D eigenvalue weighted by Crippen LogP contribution is -2.12. The summed E-state index contributed by atoms with van der Waals surface area (Å²) in [5, 5.41) is 24.6. The van der Waals surface area contributed by atoms with Crippen molar-refractivity contribution >= 4 is 44.0 Å². The van der Waals surface area contributed by atoms with E-state index in [1.165, 1.54) is 11.3 Å². The lowest BCUT2D eigenvalue weighted by atomic mass is 10.1. The van der Waals surface area contributed by atoms with Gasteiger partial charge in [-0.25, -0.2) is 4.98 Å². The van der Waals surface area contributed by atoms with Crippen LogP contribution in [0.4, 0.5) is 16.5 Å². The summed E-state index contributed by atoms with van der Waals surface area (Å²) in [6, 6.07) is 8.39. The Morgan fingerprint density at radius 2 is 1.72 bits per heavy atom. The van der Waals surface area contributed by atoms with Gasteiger partial charge in [0.15, 0.2) is 5.13 Å². The van der Waals surface area contributed by atoms with Crippen molar-refractivity contribution in [2.45, 2.75) is 6.92 Å². The lowest BCUT2D eigenvalue weighted by molar-refractivity contribution is -0.394. The van der Waals surface area contributed by atoms with Crippen molar-refractivity contribution in [1.29, 1.82) is 0 Å². The van der Waals surface area contributed by atoms with Gasteiger partial charge in [0.1, 0.15) is 0 Å². The van der Waals surface area contributed by atoms with Crippen LogP contribution < -0.4 is 5.32 Å². The number of anilines is 1. The molecule has 2 aromatic carbocycles. The Morgan fingerprint density at radius 3 is 2.32 bits per heavy atom. The van der Waals surface area contributed by atoms with Crippen molar-refractivity contribution in [2.24, 2.45) is 0 Å². The number of nitrogens with one attached hydrogen (secondary N) is 1. The van der Waals surface area contributed by atoms with Gasteiger partial charge in [-0.2, -0.15) is 0 Å². The van der Waals surface area contributed by atoms with E-state index < -0.39 is 27.1 Å². The number of benzene rings is 2. The van der Waals surface area contributed by atoms with Crippen LogP contribution in [0.3, 0.4) is 0 Å². The molecule has 1 N–H and O–H groups in total. The molecule has 1 amide bonds. The fourth-order valence-electron chi connectivity index (χ4n) is 2.19. The van der Waals surface area contributed by atoms with Crippen molar-refractivity contribution in [2.75, 3.05) is 5.32 Å². The highest BCUT2D eigenvalue weighted by atomic mass is 32.1. The zero-order valence-corrected chi connectivity index (χ0v) is 13.6. The van der Waals surface area contributed by atoms with Crippen LogP contribution in [-0.4, -0.2) is 20.7 Å². The molecule has 1 aromatic heterocycles. The van der Waals surface area contributed by atoms with Gasteiger partial charge >= 0.3 is 0 Å². The molecule has 0 aliphatic rings. The highest BCUT2D eigenvalue weighted by Gasteiger charge is 2.20. The van der Waals surface area contributed by atoms with E-state index in [1.807, 2.05) is 25.1 Å². The molecule has 0 bridgehead atoms. The van der Waals surface area contributed by atoms with Crippen LogP contribution in [0, 0.1) is 27.2 Å². The minimum atomic E-state index is -0.787. The topological polar surface area (TPSA) is 128 Å². The van der Waals surface area contributed by atoms with Gasteiger partial charge in [0.2, 0.25) is 0 Å². The third-order valence-corrected chi connectivity index (χ3v) is 4.28. The van der Waals surface area contributed by atoms with Gasteiger partial charge in [-0.05, 0) is 24.6 Å². The Kier molecular flexibility index (Phi) is 4.11. The molecule has 0 radical (unpaired) electrons. The molecule has 0 aliphatic heterocycles. The van der Waals surface area contributed by atoms with Gasteiger partial charge in [-0.1, -0.05) is 17.4 Å². The first-order valence-electron chi connectivity index (χ1n) is 6.96. The molecule has 25 heavy (non-hydrogen) atoms. The van der Waals surface area contributed by atoms with Crippen LogP contribution in [0.15, 0.2) is 36.4 Å². The van der Waals surface area contributed by atoms with Crippen LogP contribution in [0.25, 0.3) is 10.2 Å². The maximum Gasteiger partial charge on any atom is 0.277 e. The molecule has 1 heterocycles. The van der Waals surface area contributed by atoms with Gasteiger partial charge < -0.3 is 0 Å². The number of aryl methyl sites for hydroxylation is 1. The van der Waals surface area contributed by atoms with Crippen molar-refractivity contribution in [1.82, 2.24) is 4.98 Å².